The molecular formula is C21H22Ti. The largest absolute Gasteiger partial charge is 0.214 e. The molecule has 0 spiro atoms. The van der Waals surface area contributed by atoms with Crippen LogP contribution < -0.4 is 0 Å². The van der Waals surface area contributed by atoms with E-state index in [1.165, 1.54) is 14.9 Å². The number of rotatable bonds is 3. The van der Waals surface area contributed by atoms with E-state index in [9.17, 15) is 0 Å². The van der Waals surface area contributed by atoms with Crippen LogP contribution in [0.5, 0.6) is 0 Å². The van der Waals surface area contributed by atoms with Crippen LogP contribution in [0.25, 0.3) is 0 Å². The van der Waals surface area contributed by atoms with Crippen LogP contribution >= 0.6 is 0 Å². The van der Waals surface area contributed by atoms with Crippen molar-refractivity contribution in [1.29, 1.82) is 0 Å². The summed E-state index contributed by atoms with van der Waals surface area (Å²) in [5, 5.41) is 0. The molecule has 0 unspecified atom stereocenters. The van der Waals surface area contributed by atoms with E-state index in [2.05, 4.69) is 57.7 Å². The molecule has 3 rings (SSSR count). The van der Waals surface area contributed by atoms with Crippen molar-refractivity contribution in [3.63, 3.8) is 0 Å². The molecule has 0 saturated carbocycles. The van der Waals surface area contributed by atoms with Gasteiger partial charge in [-0.25, -0.2) is 24.3 Å². The third kappa shape index (κ3) is 7.88. The Morgan fingerprint density at radius 1 is 0.864 bits per heavy atom. The molecule has 0 nitrogen and oxygen atoms in total. The van der Waals surface area contributed by atoms with E-state index in [-0.39, 0.29) is 0 Å². The van der Waals surface area contributed by atoms with E-state index in [1.807, 2.05) is 66.7 Å². The van der Waals surface area contributed by atoms with Crippen molar-refractivity contribution >= 4 is 3.81 Å². The Kier molecular flexibility index (Phi) is 9.86. The molecule has 0 aliphatic carbocycles. The SMILES string of the molecule is C=C(CC)[C](=[Ti+2])c1ccccc1.c1cc[cH-]c1.c1cc[cH-]c1. The Labute approximate surface area is 145 Å². The van der Waals surface area contributed by atoms with E-state index in [0.717, 1.165) is 6.42 Å². The van der Waals surface area contributed by atoms with E-state index in [1.54, 1.807) is 0 Å². The summed E-state index contributed by atoms with van der Waals surface area (Å²) in [7, 11) is 0. The Morgan fingerprint density at radius 3 is 1.64 bits per heavy atom. The Morgan fingerprint density at radius 2 is 1.32 bits per heavy atom. The molecule has 22 heavy (non-hydrogen) atoms. The topological polar surface area (TPSA) is 0 Å². The summed E-state index contributed by atoms with van der Waals surface area (Å²) in [5.74, 6) is 0. The minimum Gasteiger partial charge on any atom is -0.214 e. The van der Waals surface area contributed by atoms with Gasteiger partial charge in [-0.3, -0.25) is 0 Å². The summed E-state index contributed by atoms with van der Waals surface area (Å²) in [6.07, 6.45) is 1.03. The monoisotopic (exact) mass is 322 g/mol. The number of benzene rings is 1. The molecule has 0 bridgehead atoms. The van der Waals surface area contributed by atoms with Gasteiger partial charge in [-0.1, -0.05) is 0 Å². The molecule has 0 aliphatic heterocycles. The van der Waals surface area contributed by atoms with Crippen LogP contribution in [0.3, 0.4) is 0 Å². The minimum absolute atomic E-state index is 1.03. The van der Waals surface area contributed by atoms with Crippen molar-refractivity contribution in [2.75, 3.05) is 0 Å². The van der Waals surface area contributed by atoms with Crippen LogP contribution in [0, 0.1) is 0 Å². The quantitative estimate of drug-likeness (QED) is 0.439. The van der Waals surface area contributed by atoms with E-state index in [0.29, 0.717) is 0 Å². The van der Waals surface area contributed by atoms with E-state index < -0.39 is 0 Å². The predicted molar refractivity (Wildman–Crippen MR) is 94.1 cm³/mol. The van der Waals surface area contributed by atoms with Crippen molar-refractivity contribution in [1.82, 2.24) is 0 Å². The van der Waals surface area contributed by atoms with Gasteiger partial charge < -0.3 is 0 Å². The smallest absolute Gasteiger partial charge is 0.172 e. The summed E-state index contributed by atoms with van der Waals surface area (Å²) in [5.41, 5.74) is 2.51. The molecule has 0 atom stereocenters. The summed E-state index contributed by atoms with van der Waals surface area (Å²) in [6, 6.07) is 30.4. The Bertz CT molecular complexity index is 541. The molecule has 110 valence electrons. The standard InChI is InChI=1S/C11H12.2C5H5.Ti/c1-3-10(2)9-11-7-5-4-6-8-11;2*1-2-4-5-3-1;/h4-8H,2-3H2,1H3;2*1-5H;/q;2*-1;+2. The second kappa shape index (κ2) is 11.9. The predicted octanol–water partition coefficient (Wildman–Crippen LogP) is 5.53. The van der Waals surface area contributed by atoms with Gasteiger partial charge in [0, 0.05) is 0 Å². The fraction of sp³-hybridized carbons (Fsp3) is 0.0952. The first-order chi connectivity index (χ1) is 10.8. The van der Waals surface area contributed by atoms with Crippen molar-refractivity contribution in [3.05, 3.63) is 109 Å². The van der Waals surface area contributed by atoms with Gasteiger partial charge in [-0.05, 0) is 0 Å². The van der Waals surface area contributed by atoms with Crippen LogP contribution in [0.1, 0.15) is 18.9 Å². The van der Waals surface area contributed by atoms with Gasteiger partial charge in [0.1, 0.15) is 0 Å². The Balaban J connectivity index is 0.000000197. The number of hydrogen-bond donors (Lipinski definition) is 0. The zero-order valence-electron chi connectivity index (χ0n) is 13.1. The summed E-state index contributed by atoms with van der Waals surface area (Å²) in [6.45, 7) is 6.15. The molecular weight excluding hydrogens is 300 g/mol. The third-order valence-electron chi connectivity index (χ3n) is 2.95. The third-order valence-corrected chi connectivity index (χ3v) is 3.96. The first-order valence-corrected chi connectivity index (χ1v) is 8.19. The maximum atomic E-state index is 4.01. The van der Waals surface area contributed by atoms with Gasteiger partial charge in [0.15, 0.2) is 0 Å². The molecule has 0 aromatic heterocycles. The second-order valence-corrected chi connectivity index (χ2v) is 5.40. The maximum absolute atomic E-state index is 4.01. The van der Waals surface area contributed by atoms with E-state index in [4.69, 9.17) is 0 Å². The van der Waals surface area contributed by atoms with Crippen LogP contribution in [-0.4, -0.2) is 3.81 Å². The molecule has 0 radical (unpaired) electrons. The average molecular weight is 322 g/mol. The molecule has 0 N–H and O–H groups in total. The van der Waals surface area contributed by atoms with Gasteiger partial charge in [0.2, 0.25) is 0 Å². The first-order valence-electron chi connectivity index (χ1n) is 7.41. The van der Waals surface area contributed by atoms with Crippen LogP contribution in [0.4, 0.5) is 0 Å². The van der Waals surface area contributed by atoms with Gasteiger partial charge in [-0.2, -0.15) is 36.4 Å². The van der Waals surface area contributed by atoms with Crippen LogP contribution in [0.2, 0.25) is 0 Å². The van der Waals surface area contributed by atoms with Crippen molar-refractivity contribution in [3.8, 4) is 0 Å². The molecule has 0 saturated heterocycles. The van der Waals surface area contributed by atoms with Crippen molar-refractivity contribution < 1.29 is 20.0 Å². The van der Waals surface area contributed by atoms with Crippen LogP contribution in [-0.2, 0) is 20.0 Å². The maximum Gasteiger partial charge on any atom is -0.172 e. The molecule has 1 heteroatoms. The molecule has 3 aromatic rings. The van der Waals surface area contributed by atoms with Crippen molar-refractivity contribution in [2.45, 2.75) is 13.3 Å². The van der Waals surface area contributed by atoms with Crippen LogP contribution in [0.15, 0.2) is 103 Å². The van der Waals surface area contributed by atoms with Gasteiger partial charge >= 0.3 is 85.2 Å². The summed E-state index contributed by atoms with van der Waals surface area (Å²) in [4.78, 5) is 0. The summed E-state index contributed by atoms with van der Waals surface area (Å²) >= 11 is 2.13. The fourth-order valence-corrected chi connectivity index (χ4v) is 2.16. The van der Waals surface area contributed by atoms with Gasteiger partial charge in [0.05, 0.1) is 0 Å². The average Bonchev–Trinajstić information content (AvgIpc) is 3.32. The zero-order chi connectivity index (χ0) is 16.0. The number of hydrogen-bond acceptors (Lipinski definition) is 0. The normalized spacial score (nSPS) is 8.86. The molecule has 0 amide bonds. The molecule has 3 aromatic carbocycles. The first kappa shape index (κ1) is 18.3. The molecule has 0 heterocycles. The number of allylic oxidation sites excluding steroid dienone is 1. The zero-order valence-corrected chi connectivity index (χ0v) is 14.6. The van der Waals surface area contributed by atoms with Gasteiger partial charge in [-0.15, -0.1) is 0 Å². The van der Waals surface area contributed by atoms with Crippen molar-refractivity contribution in [2.24, 2.45) is 0 Å². The summed E-state index contributed by atoms with van der Waals surface area (Å²) < 4.78 is 1.30. The van der Waals surface area contributed by atoms with E-state index >= 15 is 0 Å². The Hall–Kier alpha value is -1.76. The molecule has 0 aliphatic rings. The minimum atomic E-state index is 1.03. The molecule has 0 fully saturated rings. The fourth-order valence-electron chi connectivity index (χ4n) is 1.63. The second-order valence-electron chi connectivity index (χ2n) is 4.62. The van der Waals surface area contributed by atoms with Gasteiger partial charge in [0.25, 0.3) is 0 Å².